The molecule has 0 unspecified atom stereocenters. The van der Waals surface area contributed by atoms with Crippen molar-refractivity contribution in [2.24, 2.45) is 0 Å². The van der Waals surface area contributed by atoms with Crippen molar-refractivity contribution in [3.8, 4) is 0 Å². The molecule has 1 aromatic rings. The van der Waals surface area contributed by atoms with E-state index in [4.69, 9.17) is 9.90 Å². The minimum atomic E-state index is -1.08. The molecule has 0 aliphatic carbocycles. The Morgan fingerprint density at radius 2 is 0.889 bits per heavy atom. The molecule has 4 heteroatoms. The van der Waals surface area contributed by atoms with Crippen LogP contribution in [0.25, 0.3) is 0 Å². The van der Waals surface area contributed by atoms with Crippen LogP contribution in [-0.4, -0.2) is 48.3 Å². The first-order valence-corrected chi connectivity index (χ1v) is 24.4. The number of unbranched alkanes of at least 4 members (excludes halogenated alkanes) is 15. The number of carboxylic acids is 1. The molecule has 0 saturated heterocycles. The van der Waals surface area contributed by atoms with Crippen LogP contribution < -0.4 is 8.69 Å². The molecule has 0 atom stereocenters. The molecule has 2 nitrogen and oxygen atoms in total. The average Bonchev–Trinajstić information content (AvgIpc) is 2.85. The van der Waals surface area contributed by atoms with Crippen LogP contribution in [0.4, 0.5) is 0 Å². The number of hydrogen-bond acceptors (Lipinski definition) is 2. The van der Waals surface area contributed by atoms with Gasteiger partial charge in [0.15, 0.2) is 0 Å². The van der Waals surface area contributed by atoms with Gasteiger partial charge in [0.2, 0.25) is 0 Å². The Labute approximate surface area is 247 Å². The van der Waals surface area contributed by atoms with Gasteiger partial charge in [-0.05, 0) is 6.92 Å². The van der Waals surface area contributed by atoms with Crippen molar-refractivity contribution in [3.05, 3.63) is 30.3 Å². The molecular formula is C32H62O2Sn2. The number of hydrogen-bond donors (Lipinski definition) is 0. The molecule has 0 radical (unpaired) electrons. The van der Waals surface area contributed by atoms with E-state index >= 15 is 0 Å². The van der Waals surface area contributed by atoms with Crippen LogP contribution >= 0.6 is 0 Å². The molecule has 0 amide bonds. The van der Waals surface area contributed by atoms with Crippen molar-refractivity contribution in [1.29, 1.82) is 0 Å². The van der Waals surface area contributed by atoms with Crippen LogP contribution in [0.3, 0.4) is 0 Å². The summed E-state index contributed by atoms with van der Waals surface area (Å²) in [6, 6.07) is 10.6. The van der Waals surface area contributed by atoms with Crippen LogP contribution in [0.15, 0.2) is 30.3 Å². The molecule has 0 N–H and O–H groups in total. The predicted octanol–water partition coefficient (Wildman–Crippen LogP) is 8.00. The number of benzene rings is 1. The van der Waals surface area contributed by atoms with Gasteiger partial charge in [0, 0.05) is 5.97 Å². The summed E-state index contributed by atoms with van der Waals surface area (Å²) in [7, 11) is 0. The molecule has 0 saturated carbocycles. The van der Waals surface area contributed by atoms with E-state index in [1.54, 1.807) is 32.6 Å². The van der Waals surface area contributed by atoms with Crippen LogP contribution in [0.1, 0.15) is 143 Å². The van der Waals surface area contributed by atoms with Gasteiger partial charge in [-0.3, -0.25) is 0 Å². The van der Waals surface area contributed by atoms with Crippen molar-refractivity contribution in [2.45, 2.75) is 157 Å². The third kappa shape index (κ3) is 36.4. The number of carboxylic acid groups (broad SMARTS) is 1. The summed E-state index contributed by atoms with van der Waals surface area (Å²) in [5, 5.41) is 8.89. The van der Waals surface area contributed by atoms with Crippen molar-refractivity contribution in [3.63, 3.8) is 0 Å². The number of carbonyl (C=O) groups excluding carboxylic acids is 1. The van der Waals surface area contributed by atoms with E-state index in [0.29, 0.717) is 22.5 Å². The summed E-state index contributed by atoms with van der Waals surface area (Å²) < 4.78 is 6.69. The molecule has 0 fully saturated rings. The van der Waals surface area contributed by atoms with Gasteiger partial charge in [-0.1, -0.05) is 0 Å². The van der Waals surface area contributed by atoms with E-state index in [9.17, 15) is 0 Å². The molecular weight excluding hydrogens is 654 g/mol. The number of aliphatic carboxylic acids is 1. The third-order valence-electron chi connectivity index (χ3n) is 6.59. The molecule has 0 aliphatic heterocycles. The summed E-state index contributed by atoms with van der Waals surface area (Å²) in [4.78, 5) is 8.89. The van der Waals surface area contributed by atoms with Gasteiger partial charge in [-0.2, -0.15) is 0 Å². The molecule has 1 rings (SSSR count). The maximum absolute atomic E-state index is 8.89. The van der Waals surface area contributed by atoms with Crippen LogP contribution in [0, 0.1) is 0 Å². The van der Waals surface area contributed by atoms with Gasteiger partial charge in [0.25, 0.3) is 0 Å². The second kappa shape index (κ2) is 33.3. The average molecular weight is 716 g/mol. The second-order valence-electron chi connectivity index (χ2n) is 10.4. The van der Waals surface area contributed by atoms with E-state index in [1.807, 2.05) is 0 Å². The third-order valence-corrected chi connectivity index (χ3v) is 17.6. The van der Waals surface area contributed by atoms with E-state index < -0.39 is 25.7 Å². The van der Waals surface area contributed by atoms with Gasteiger partial charge in [0.1, 0.15) is 0 Å². The predicted molar refractivity (Wildman–Crippen MR) is 167 cm³/mol. The molecule has 36 heavy (non-hydrogen) atoms. The van der Waals surface area contributed by atoms with Crippen molar-refractivity contribution in [2.75, 3.05) is 0 Å². The van der Waals surface area contributed by atoms with Gasteiger partial charge >= 0.3 is 226 Å². The molecule has 0 heterocycles. The first-order chi connectivity index (χ1) is 17.5. The van der Waals surface area contributed by atoms with Gasteiger partial charge in [-0.15, -0.1) is 0 Å². The zero-order chi connectivity index (χ0) is 27.1. The quantitative estimate of drug-likeness (QED) is 0.0957. The molecule has 0 spiro atoms. The normalized spacial score (nSPS) is 10.2. The Hall–Kier alpha value is 0.287. The Morgan fingerprint density at radius 3 is 1.14 bits per heavy atom. The first kappa shape index (κ1) is 38.4. The SMILES string of the molecule is CC(=O)[O-].CCCCCCC[CH2][Sn+]([CH2]CCCCCCC)[CH2]CCCCCCC.[SnH3][c]1ccccc1. The molecule has 0 bridgehead atoms. The second-order valence-corrected chi connectivity index (χ2v) is 22.3. The van der Waals surface area contributed by atoms with E-state index in [2.05, 4.69) is 51.1 Å². The van der Waals surface area contributed by atoms with Crippen LogP contribution in [0.2, 0.25) is 13.3 Å². The van der Waals surface area contributed by atoms with E-state index in [-0.39, 0.29) is 0 Å². The van der Waals surface area contributed by atoms with E-state index in [1.165, 1.54) is 99.9 Å². The van der Waals surface area contributed by atoms with Crippen LogP contribution in [0.5, 0.6) is 0 Å². The Kier molecular flexibility index (Phi) is 35.6. The standard InChI is InChI=1S/3C8H17.C6H5.C2H4O2.2Sn.3H/c3*1-3-5-7-8-6-4-2;1-2-4-6-5-3-1;1-2(3)4;;;;;/h3*1,3-8H2,2H3;1-5H;1H3,(H,3,4);;;;;/q;;;;;;+1;;;/p-1. The van der Waals surface area contributed by atoms with Crippen molar-refractivity contribution in [1.82, 2.24) is 0 Å². The monoisotopic (exact) mass is 718 g/mol. The molecule has 0 aliphatic rings. The zero-order valence-electron chi connectivity index (χ0n) is 25.1. The van der Waals surface area contributed by atoms with Gasteiger partial charge in [0.05, 0.1) is 0 Å². The molecule has 210 valence electrons. The van der Waals surface area contributed by atoms with Crippen LogP contribution in [-0.2, 0) is 4.79 Å². The maximum atomic E-state index is 8.89. The van der Waals surface area contributed by atoms with Crippen molar-refractivity contribution < 1.29 is 9.90 Å². The fourth-order valence-electron chi connectivity index (χ4n) is 4.38. The Balaban J connectivity index is 0. The summed E-state index contributed by atoms with van der Waals surface area (Å²) in [6.45, 7) is 7.95. The van der Waals surface area contributed by atoms with Gasteiger partial charge in [-0.25, -0.2) is 0 Å². The fraction of sp³-hybridized carbons (Fsp3) is 0.781. The molecule has 0 aromatic heterocycles. The molecule has 1 aromatic carbocycles. The van der Waals surface area contributed by atoms with E-state index in [0.717, 1.165) is 6.92 Å². The Bertz CT molecular complexity index is 494. The minimum absolute atomic E-state index is 0.708. The Morgan fingerprint density at radius 1 is 0.611 bits per heavy atom. The topological polar surface area (TPSA) is 40.1 Å². The van der Waals surface area contributed by atoms with Crippen molar-refractivity contribution >= 4 is 51.8 Å². The van der Waals surface area contributed by atoms with Gasteiger partial charge < -0.3 is 9.90 Å². The zero-order valence-corrected chi connectivity index (χ0v) is 33.6. The summed E-state index contributed by atoms with van der Waals surface area (Å²) in [6.07, 6.45) is 26.9. The summed E-state index contributed by atoms with van der Waals surface area (Å²) >= 11 is -0.308. The summed E-state index contributed by atoms with van der Waals surface area (Å²) in [5.41, 5.74) is 0. The number of rotatable bonds is 21. The first-order valence-electron chi connectivity index (χ1n) is 15.5. The summed E-state index contributed by atoms with van der Waals surface area (Å²) in [5.74, 6) is -1.08. The number of carbonyl (C=O) groups is 1. The fourth-order valence-corrected chi connectivity index (χ4v) is 14.0.